The summed E-state index contributed by atoms with van der Waals surface area (Å²) in [4.78, 5) is 19.2. The Labute approximate surface area is 157 Å². The Morgan fingerprint density at radius 1 is 1.33 bits per heavy atom. The van der Waals surface area contributed by atoms with Gasteiger partial charge in [0.2, 0.25) is 0 Å². The minimum absolute atomic E-state index is 0.0636. The molecule has 0 bridgehead atoms. The lowest BCUT2D eigenvalue weighted by molar-refractivity contribution is -0.132. The number of β-amino-alcohol motifs (C(OH)–C–C–N with tert-alkyl or cyclic N) is 1. The van der Waals surface area contributed by atoms with Crippen LogP contribution in [0.4, 0.5) is 0 Å². The summed E-state index contributed by atoms with van der Waals surface area (Å²) < 4.78 is 0. The fraction of sp³-hybridized carbons (Fsp3) is 0.474. The lowest BCUT2D eigenvalue weighted by Gasteiger charge is -2.23. The molecular weight excluding hydrogens is 344 g/mol. The monoisotopic (exact) mass is 368 g/mol. The summed E-state index contributed by atoms with van der Waals surface area (Å²) >= 11 is 0. The van der Waals surface area contributed by atoms with Crippen molar-refractivity contribution in [2.24, 2.45) is 5.10 Å². The molecule has 1 saturated heterocycles. The van der Waals surface area contributed by atoms with E-state index in [1.165, 1.54) is 0 Å². The molecule has 2 N–H and O–H groups in total. The van der Waals surface area contributed by atoms with Crippen LogP contribution in [-0.2, 0) is 11.2 Å². The zero-order valence-corrected chi connectivity index (χ0v) is 15.4. The number of amides is 1. The molecule has 1 amide bonds. The smallest absolute Gasteiger partial charge is 0.256 e. The Hall–Kier alpha value is -2.58. The normalized spacial score (nSPS) is 23.0. The van der Waals surface area contributed by atoms with Gasteiger partial charge in [-0.3, -0.25) is 14.8 Å². The van der Waals surface area contributed by atoms with Gasteiger partial charge in [0, 0.05) is 19.4 Å². The second-order valence-corrected chi connectivity index (χ2v) is 7.01. The number of nitrogens with one attached hydrogen (secondary N) is 1. The molecule has 4 rings (SSSR count). The maximum atomic E-state index is 12.8. The van der Waals surface area contributed by atoms with Gasteiger partial charge in [-0.25, -0.2) is 9.99 Å². The number of rotatable bonds is 5. The lowest BCUT2D eigenvalue weighted by Crippen LogP contribution is -2.37. The Kier molecular flexibility index (Phi) is 5.00. The van der Waals surface area contributed by atoms with Crippen molar-refractivity contribution in [3.05, 3.63) is 47.5 Å². The highest BCUT2D eigenvalue weighted by Gasteiger charge is 2.37. The number of hydrogen-bond donors (Lipinski definition) is 2. The SMILES string of the molecule is CCc1nc([C@@H]2C[C@@H](O)CN2CC(=O)N2CCC(c3ccccc3)=N2)n[nH]1. The summed E-state index contributed by atoms with van der Waals surface area (Å²) in [5.41, 5.74) is 1.98. The number of carbonyl (C=O) groups excluding carboxylic acids is 1. The van der Waals surface area contributed by atoms with Crippen molar-refractivity contribution in [1.82, 2.24) is 25.1 Å². The number of aliphatic hydroxyl groups is 1. The molecule has 8 nitrogen and oxygen atoms in total. The zero-order valence-electron chi connectivity index (χ0n) is 15.4. The number of H-pyrrole nitrogens is 1. The van der Waals surface area contributed by atoms with Crippen LogP contribution >= 0.6 is 0 Å². The lowest BCUT2D eigenvalue weighted by atomic mass is 10.1. The minimum atomic E-state index is -0.478. The Bertz CT molecular complexity index is 834. The van der Waals surface area contributed by atoms with Crippen LogP contribution in [0.3, 0.4) is 0 Å². The maximum absolute atomic E-state index is 12.8. The van der Waals surface area contributed by atoms with E-state index in [0.29, 0.717) is 25.3 Å². The summed E-state index contributed by atoms with van der Waals surface area (Å²) in [6.45, 7) is 3.23. The molecule has 2 aliphatic rings. The predicted octanol–water partition coefficient (Wildman–Crippen LogP) is 1.11. The van der Waals surface area contributed by atoms with E-state index in [2.05, 4.69) is 20.3 Å². The van der Waals surface area contributed by atoms with E-state index in [9.17, 15) is 9.90 Å². The van der Waals surface area contributed by atoms with Crippen molar-refractivity contribution < 1.29 is 9.90 Å². The minimum Gasteiger partial charge on any atom is -0.392 e. The highest BCUT2D eigenvalue weighted by Crippen LogP contribution is 2.30. The molecule has 3 heterocycles. The van der Waals surface area contributed by atoms with Crippen molar-refractivity contribution in [1.29, 1.82) is 0 Å². The van der Waals surface area contributed by atoms with E-state index in [4.69, 9.17) is 0 Å². The molecule has 2 atom stereocenters. The van der Waals surface area contributed by atoms with Gasteiger partial charge in [-0.2, -0.15) is 10.2 Å². The first-order valence-electron chi connectivity index (χ1n) is 9.40. The largest absolute Gasteiger partial charge is 0.392 e. The maximum Gasteiger partial charge on any atom is 0.256 e. The molecule has 1 aromatic carbocycles. The van der Waals surface area contributed by atoms with Crippen LogP contribution in [0, 0.1) is 0 Å². The van der Waals surface area contributed by atoms with Gasteiger partial charge in [0.25, 0.3) is 5.91 Å². The van der Waals surface area contributed by atoms with Crippen molar-refractivity contribution in [2.75, 3.05) is 19.6 Å². The molecule has 8 heteroatoms. The Balaban J connectivity index is 1.44. The number of nitrogens with zero attached hydrogens (tertiary/aromatic N) is 5. The fourth-order valence-electron chi connectivity index (χ4n) is 3.67. The molecule has 27 heavy (non-hydrogen) atoms. The molecule has 0 radical (unpaired) electrons. The van der Waals surface area contributed by atoms with Gasteiger partial charge in [-0.05, 0) is 12.0 Å². The zero-order chi connectivity index (χ0) is 18.8. The number of hydrogen-bond acceptors (Lipinski definition) is 6. The van der Waals surface area contributed by atoms with Crippen LogP contribution in [0.2, 0.25) is 0 Å². The number of aryl methyl sites for hydroxylation is 1. The van der Waals surface area contributed by atoms with Crippen LogP contribution in [0.1, 0.15) is 43.0 Å². The molecule has 0 aliphatic carbocycles. The van der Waals surface area contributed by atoms with E-state index in [-0.39, 0.29) is 18.5 Å². The second-order valence-electron chi connectivity index (χ2n) is 7.01. The predicted molar refractivity (Wildman–Crippen MR) is 100 cm³/mol. The molecule has 0 spiro atoms. The third-order valence-electron chi connectivity index (χ3n) is 5.10. The van der Waals surface area contributed by atoms with Crippen molar-refractivity contribution in [3.63, 3.8) is 0 Å². The number of aromatic nitrogens is 3. The third kappa shape index (κ3) is 3.77. The molecule has 2 aliphatic heterocycles. The highest BCUT2D eigenvalue weighted by molar-refractivity contribution is 6.02. The second kappa shape index (κ2) is 7.58. The third-order valence-corrected chi connectivity index (χ3v) is 5.10. The molecule has 142 valence electrons. The van der Waals surface area contributed by atoms with Gasteiger partial charge in [0.15, 0.2) is 5.82 Å². The topological polar surface area (TPSA) is 97.7 Å². The number of hydrazone groups is 1. The first kappa shape index (κ1) is 17.8. The molecular formula is C19H24N6O2. The van der Waals surface area contributed by atoms with Gasteiger partial charge >= 0.3 is 0 Å². The summed E-state index contributed by atoms with van der Waals surface area (Å²) in [6.07, 6.45) is 1.58. The summed E-state index contributed by atoms with van der Waals surface area (Å²) in [5.74, 6) is 1.40. The van der Waals surface area contributed by atoms with E-state index in [1.807, 2.05) is 42.2 Å². The first-order chi connectivity index (χ1) is 13.1. The molecule has 0 unspecified atom stereocenters. The molecule has 2 aromatic rings. The van der Waals surface area contributed by atoms with Crippen LogP contribution in [-0.4, -0.2) is 67.6 Å². The standard InChI is InChI=1S/C19H24N6O2/c1-2-17-20-19(22-21-17)16-10-14(26)11-24(16)12-18(27)25-9-8-15(23-25)13-6-4-3-5-7-13/h3-7,14,16,26H,2,8-12H2,1H3,(H,20,21,22)/t14-,16+/m1/s1. The van der Waals surface area contributed by atoms with Gasteiger partial charge in [0.1, 0.15) is 5.82 Å². The number of likely N-dealkylation sites (tertiary alicyclic amines) is 1. The van der Waals surface area contributed by atoms with E-state index >= 15 is 0 Å². The average Bonchev–Trinajstić information content (AvgIpc) is 3.41. The van der Waals surface area contributed by atoms with Gasteiger partial charge in [0.05, 0.1) is 30.9 Å². The summed E-state index contributed by atoms with van der Waals surface area (Å²) in [6, 6.07) is 9.77. The van der Waals surface area contributed by atoms with E-state index < -0.39 is 6.10 Å². The van der Waals surface area contributed by atoms with Crippen molar-refractivity contribution >= 4 is 11.6 Å². The van der Waals surface area contributed by atoms with Crippen LogP contribution in [0.5, 0.6) is 0 Å². The van der Waals surface area contributed by atoms with Crippen molar-refractivity contribution in [3.8, 4) is 0 Å². The number of aliphatic hydroxyl groups excluding tert-OH is 1. The summed E-state index contributed by atoms with van der Waals surface area (Å²) in [5, 5.41) is 23.3. The fourth-order valence-corrected chi connectivity index (χ4v) is 3.67. The van der Waals surface area contributed by atoms with Crippen LogP contribution < -0.4 is 0 Å². The van der Waals surface area contributed by atoms with Crippen LogP contribution in [0.25, 0.3) is 0 Å². The average molecular weight is 368 g/mol. The van der Waals surface area contributed by atoms with E-state index in [1.54, 1.807) is 5.01 Å². The first-order valence-corrected chi connectivity index (χ1v) is 9.40. The number of aromatic amines is 1. The Morgan fingerprint density at radius 2 is 2.15 bits per heavy atom. The highest BCUT2D eigenvalue weighted by atomic mass is 16.3. The van der Waals surface area contributed by atoms with Gasteiger partial charge in [-0.15, -0.1) is 0 Å². The van der Waals surface area contributed by atoms with Gasteiger partial charge in [-0.1, -0.05) is 37.3 Å². The molecule has 0 saturated carbocycles. The number of carbonyl (C=O) groups is 1. The van der Waals surface area contributed by atoms with E-state index in [0.717, 1.165) is 29.9 Å². The quantitative estimate of drug-likeness (QED) is 0.824. The van der Waals surface area contributed by atoms with Gasteiger partial charge < -0.3 is 5.11 Å². The number of benzene rings is 1. The van der Waals surface area contributed by atoms with Crippen LogP contribution in [0.15, 0.2) is 35.4 Å². The Morgan fingerprint density at radius 3 is 2.89 bits per heavy atom. The molecule has 1 fully saturated rings. The summed E-state index contributed by atoms with van der Waals surface area (Å²) in [7, 11) is 0. The molecule has 1 aromatic heterocycles. The van der Waals surface area contributed by atoms with Crippen molar-refractivity contribution in [2.45, 2.75) is 38.3 Å².